The fourth-order valence-corrected chi connectivity index (χ4v) is 3.56. The number of carbonyl (C=O) groups is 2. The van der Waals surface area contributed by atoms with Crippen molar-refractivity contribution in [1.82, 2.24) is 9.80 Å². The van der Waals surface area contributed by atoms with Gasteiger partial charge in [-0.05, 0) is 29.8 Å². The second-order valence-electron chi connectivity index (χ2n) is 6.84. The second kappa shape index (κ2) is 7.44. The molecular formula is C21H19FN2O4. The van der Waals surface area contributed by atoms with Crippen molar-refractivity contribution in [2.24, 2.45) is 0 Å². The molecule has 1 atom stereocenters. The van der Waals surface area contributed by atoms with Gasteiger partial charge in [-0.3, -0.25) is 14.5 Å². The fraction of sp³-hybridized carbons (Fsp3) is 0.238. The number of nitrogens with zero attached hydrogens (tertiary/aromatic N) is 2. The maximum absolute atomic E-state index is 13.4. The number of fused-ring (bicyclic) bond motifs is 1. The minimum Gasteiger partial charge on any atom is -0.480 e. The lowest BCUT2D eigenvalue weighted by Crippen LogP contribution is -2.52. The van der Waals surface area contributed by atoms with Gasteiger partial charge in [0.15, 0.2) is 6.04 Å². The first-order valence-corrected chi connectivity index (χ1v) is 8.99. The maximum atomic E-state index is 13.4. The van der Waals surface area contributed by atoms with Crippen molar-refractivity contribution in [3.8, 4) is 0 Å². The highest BCUT2D eigenvalue weighted by molar-refractivity contribution is 5.83. The van der Waals surface area contributed by atoms with E-state index in [1.165, 1.54) is 12.1 Å². The van der Waals surface area contributed by atoms with Crippen LogP contribution in [0.2, 0.25) is 0 Å². The molecular weight excluding hydrogens is 363 g/mol. The largest absolute Gasteiger partial charge is 0.480 e. The zero-order chi connectivity index (χ0) is 19.7. The number of hydrogen-bond acceptors (Lipinski definition) is 4. The summed E-state index contributed by atoms with van der Waals surface area (Å²) in [5, 5.41) is 10.6. The summed E-state index contributed by atoms with van der Waals surface area (Å²) in [6.45, 7) is 1.00. The van der Waals surface area contributed by atoms with E-state index < -0.39 is 12.0 Å². The quantitative estimate of drug-likeness (QED) is 0.734. The number of para-hydroxylation sites is 1. The summed E-state index contributed by atoms with van der Waals surface area (Å²) in [7, 11) is 0. The zero-order valence-electron chi connectivity index (χ0n) is 15.0. The molecule has 2 heterocycles. The number of carbonyl (C=O) groups excluding carboxylic acids is 1. The van der Waals surface area contributed by atoms with Gasteiger partial charge >= 0.3 is 5.97 Å². The number of rotatable bonds is 5. The molecule has 1 aliphatic rings. The Balaban J connectivity index is 1.51. The van der Waals surface area contributed by atoms with E-state index in [0.29, 0.717) is 36.5 Å². The Morgan fingerprint density at radius 3 is 2.68 bits per heavy atom. The average Bonchev–Trinajstić information content (AvgIpc) is 3.07. The van der Waals surface area contributed by atoms with Gasteiger partial charge in [0, 0.05) is 25.0 Å². The third-order valence-electron chi connectivity index (χ3n) is 4.92. The zero-order valence-corrected chi connectivity index (χ0v) is 15.0. The van der Waals surface area contributed by atoms with E-state index >= 15 is 0 Å². The molecule has 1 saturated heterocycles. The van der Waals surface area contributed by atoms with E-state index in [4.69, 9.17) is 4.42 Å². The third-order valence-corrected chi connectivity index (χ3v) is 4.92. The van der Waals surface area contributed by atoms with E-state index in [-0.39, 0.29) is 18.3 Å². The molecule has 2 aromatic carbocycles. The molecule has 1 amide bonds. The average molecular weight is 382 g/mol. The van der Waals surface area contributed by atoms with Crippen molar-refractivity contribution in [2.45, 2.75) is 12.6 Å². The smallest absolute Gasteiger partial charge is 0.328 e. The van der Waals surface area contributed by atoms with Crippen molar-refractivity contribution >= 4 is 22.8 Å². The lowest BCUT2D eigenvalue weighted by atomic mass is 10.1. The number of carboxylic acids is 1. The number of halogens is 1. The van der Waals surface area contributed by atoms with Gasteiger partial charge in [-0.15, -0.1) is 0 Å². The lowest BCUT2D eigenvalue weighted by molar-refractivity contribution is -0.148. The van der Waals surface area contributed by atoms with Gasteiger partial charge in [-0.2, -0.15) is 0 Å². The molecule has 28 heavy (non-hydrogen) atoms. The maximum Gasteiger partial charge on any atom is 0.328 e. The van der Waals surface area contributed by atoms with Gasteiger partial charge in [0.1, 0.15) is 17.2 Å². The molecule has 0 radical (unpaired) electrons. The number of amides is 1. The standard InChI is InChI=1S/C21H19FN2O4/c22-16-6-3-4-14(10-16)12-23-8-9-24(13-19(23)25)20(21(26)27)18-11-15-5-1-2-7-17(15)28-18/h1-7,10-11,20H,8-9,12-13H2,(H,26,27)/t20-/m1/s1. The van der Waals surface area contributed by atoms with Crippen LogP contribution in [0.3, 0.4) is 0 Å². The Labute approximate surface area is 160 Å². The Morgan fingerprint density at radius 2 is 1.96 bits per heavy atom. The Morgan fingerprint density at radius 1 is 1.14 bits per heavy atom. The molecule has 0 bridgehead atoms. The number of aliphatic carboxylic acids is 1. The Bertz CT molecular complexity index is 999. The van der Waals surface area contributed by atoms with Crippen LogP contribution in [0.15, 0.2) is 59.0 Å². The van der Waals surface area contributed by atoms with Gasteiger partial charge in [-0.1, -0.05) is 30.3 Å². The Hall–Kier alpha value is -3.19. The van der Waals surface area contributed by atoms with Crippen LogP contribution in [-0.2, 0) is 16.1 Å². The molecule has 1 fully saturated rings. The van der Waals surface area contributed by atoms with Crippen LogP contribution < -0.4 is 0 Å². The van der Waals surface area contributed by atoms with Crippen molar-refractivity contribution < 1.29 is 23.5 Å². The lowest BCUT2D eigenvalue weighted by Gasteiger charge is -2.36. The summed E-state index contributed by atoms with van der Waals surface area (Å²) < 4.78 is 19.1. The predicted octanol–water partition coefficient (Wildman–Crippen LogP) is 3.04. The molecule has 6 nitrogen and oxygen atoms in total. The summed E-state index contributed by atoms with van der Waals surface area (Å²) in [5.74, 6) is -1.30. The number of piperazine rings is 1. The molecule has 1 N–H and O–H groups in total. The predicted molar refractivity (Wildman–Crippen MR) is 100.0 cm³/mol. The highest BCUT2D eigenvalue weighted by Crippen LogP contribution is 2.29. The summed E-state index contributed by atoms with van der Waals surface area (Å²) in [4.78, 5) is 27.7. The molecule has 144 valence electrons. The van der Waals surface area contributed by atoms with E-state index in [0.717, 1.165) is 5.39 Å². The first kappa shape index (κ1) is 18.2. The van der Waals surface area contributed by atoms with E-state index in [9.17, 15) is 19.1 Å². The molecule has 0 saturated carbocycles. The number of hydrogen-bond donors (Lipinski definition) is 1. The summed E-state index contributed by atoms with van der Waals surface area (Å²) in [6.07, 6.45) is 0. The summed E-state index contributed by atoms with van der Waals surface area (Å²) >= 11 is 0. The van der Waals surface area contributed by atoms with E-state index in [2.05, 4.69) is 0 Å². The Kier molecular flexibility index (Phi) is 4.83. The van der Waals surface area contributed by atoms with Gasteiger partial charge < -0.3 is 14.4 Å². The van der Waals surface area contributed by atoms with Crippen molar-refractivity contribution in [3.05, 3.63) is 71.7 Å². The molecule has 4 rings (SSSR count). The normalized spacial score (nSPS) is 16.5. The molecule has 3 aromatic rings. The second-order valence-corrected chi connectivity index (χ2v) is 6.84. The van der Waals surface area contributed by atoms with Crippen LogP contribution >= 0.6 is 0 Å². The highest BCUT2D eigenvalue weighted by atomic mass is 19.1. The minimum absolute atomic E-state index is 0.0384. The van der Waals surface area contributed by atoms with Gasteiger partial charge in [0.05, 0.1) is 6.54 Å². The fourth-order valence-electron chi connectivity index (χ4n) is 3.56. The van der Waals surface area contributed by atoms with E-state index in [1.807, 2.05) is 18.2 Å². The van der Waals surface area contributed by atoms with Crippen molar-refractivity contribution in [3.63, 3.8) is 0 Å². The van der Waals surface area contributed by atoms with E-state index in [1.54, 1.807) is 34.1 Å². The number of benzene rings is 2. The van der Waals surface area contributed by atoms with Crippen LogP contribution in [0, 0.1) is 5.82 Å². The number of carboxylic acid groups (broad SMARTS) is 1. The summed E-state index contributed by atoms with van der Waals surface area (Å²) in [5.41, 5.74) is 1.31. The highest BCUT2D eigenvalue weighted by Gasteiger charge is 2.35. The number of furan rings is 1. The van der Waals surface area contributed by atoms with Crippen molar-refractivity contribution in [1.29, 1.82) is 0 Å². The molecule has 1 aromatic heterocycles. The van der Waals surface area contributed by atoms with Crippen LogP contribution in [0.25, 0.3) is 11.0 Å². The van der Waals surface area contributed by atoms with Crippen molar-refractivity contribution in [2.75, 3.05) is 19.6 Å². The molecule has 0 spiro atoms. The van der Waals surface area contributed by atoms with Crippen LogP contribution in [0.1, 0.15) is 17.4 Å². The minimum atomic E-state index is -1.06. The molecule has 0 aliphatic carbocycles. The topological polar surface area (TPSA) is 74.0 Å². The SMILES string of the molecule is O=C(O)[C@@H](c1cc2ccccc2o1)N1CCN(Cc2cccc(F)c2)C(=O)C1. The van der Waals surface area contributed by atoms with Gasteiger partial charge in [-0.25, -0.2) is 4.39 Å². The molecule has 0 unspecified atom stereocenters. The van der Waals surface area contributed by atoms with Crippen LogP contribution in [0.4, 0.5) is 4.39 Å². The van der Waals surface area contributed by atoms with Crippen LogP contribution in [-0.4, -0.2) is 46.4 Å². The first-order valence-electron chi connectivity index (χ1n) is 8.99. The molecule has 7 heteroatoms. The van der Waals surface area contributed by atoms with Crippen LogP contribution in [0.5, 0.6) is 0 Å². The summed E-state index contributed by atoms with van der Waals surface area (Å²) in [6, 6.07) is 14.1. The van der Waals surface area contributed by atoms with Gasteiger partial charge in [0.2, 0.25) is 5.91 Å². The first-order chi connectivity index (χ1) is 13.5. The monoisotopic (exact) mass is 382 g/mol. The molecule has 1 aliphatic heterocycles. The third kappa shape index (κ3) is 3.61. The van der Waals surface area contributed by atoms with Gasteiger partial charge in [0.25, 0.3) is 0 Å².